The van der Waals surface area contributed by atoms with E-state index in [0.717, 1.165) is 44.7 Å². The molecule has 0 atom stereocenters. The third kappa shape index (κ3) is 5.46. The van der Waals surface area contributed by atoms with Crippen molar-refractivity contribution in [3.8, 4) is 67.4 Å². The zero-order valence-corrected chi connectivity index (χ0v) is 31.7. The van der Waals surface area contributed by atoms with E-state index in [1.54, 1.807) is 0 Å². The molecule has 268 valence electrons. The zero-order chi connectivity index (χ0) is 38.1. The first kappa shape index (κ1) is 33.1. The van der Waals surface area contributed by atoms with E-state index in [0.29, 0.717) is 5.82 Å². The smallest absolute Gasteiger partial charge is 0.160 e. The Bertz CT molecular complexity index is 3180. The number of hydrogen-bond donors (Lipinski definition) is 0. The largest absolute Gasteiger partial charge is 0.247 e. The van der Waals surface area contributed by atoms with Crippen LogP contribution in [-0.4, -0.2) is 15.0 Å². The van der Waals surface area contributed by atoms with Crippen LogP contribution in [0.1, 0.15) is 25.0 Å². The summed E-state index contributed by atoms with van der Waals surface area (Å²) in [7, 11) is 0. The van der Waals surface area contributed by atoms with Crippen LogP contribution in [0.3, 0.4) is 0 Å². The maximum Gasteiger partial charge on any atom is 0.160 e. The first-order valence-corrected chi connectivity index (χ1v) is 19.6. The van der Waals surface area contributed by atoms with Gasteiger partial charge in [-0.15, -0.1) is 0 Å². The fourth-order valence-corrected chi connectivity index (χ4v) is 8.98. The van der Waals surface area contributed by atoms with Crippen LogP contribution in [0.25, 0.3) is 99.9 Å². The lowest BCUT2D eigenvalue weighted by atomic mass is 9.78. The highest BCUT2D eigenvalue weighted by molar-refractivity contribution is 6.16. The van der Waals surface area contributed by atoms with Gasteiger partial charge in [0.15, 0.2) is 5.82 Å². The van der Waals surface area contributed by atoms with Crippen LogP contribution in [0, 0.1) is 0 Å². The van der Waals surface area contributed by atoms with Gasteiger partial charge in [0.2, 0.25) is 0 Å². The molecule has 0 amide bonds. The molecule has 2 aromatic heterocycles. The molecule has 0 bridgehead atoms. The van der Waals surface area contributed by atoms with E-state index >= 15 is 0 Å². The molecule has 0 unspecified atom stereocenters. The Morgan fingerprint density at radius 2 is 0.965 bits per heavy atom. The summed E-state index contributed by atoms with van der Waals surface area (Å²) in [5.74, 6) is 0.704. The van der Waals surface area contributed by atoms with Gasteiger partial charge < -0.3 is 0 Å². The number of benzene rings is 8. The Morgan fingerprint density at radius 1 is 0.404 bits per heavy atom. The summed E-state index contributed by atoms with van der Waals surface area (Å²) in [6, 6.07) is 67.1. The monoisotopic (exact) mass is 727 g/mol. The molecule has 10 aromatic rings. The van der Waals surface area contributed by atoms with Gasteiger partial charge in [-0.05, 0) is 79.2 Å². The van der Waals surface area contributed by atoms with Crippen LogP contribution in [0.5, 0.6) is 0 Å². The average Bonchev–Trinajstić information content (AvgIpc) is 3.51. The molecule has 0 saturated heterocycles. The number of aromatic nitrogens is 3. The van der Waals surface area contributed by atoms with Crippen LogP contribution in [0.4, 0.5) is 0 Å². The topological polar surface area (TPSA) is 38.7 Å². The molecule has 0 radical (unpaired) electrons. The average molecular weight is 728 g/mol. The standard InChI is InChI=1S/C54H37N3/c1-54(2)45-20-12-11-19-44(45)52-51(54)49(50-43-18-10-9-15-36(43)29-30-46(50)55-52)42-28-26-39-31-41(27-25-40(39)32-42)48-33-47(37-16-7-4-8-17-37)56-53(57-48)38-23-21-35(22-24-38)34-13-5-3-6-14-34/h3-33H,1-2H3. The molecule has 8 aromatic carbocycles. The fraction of sp³-hybridized carbons (Fsp3) is 0.0556. The molecule has 11 rings (SSSR count). The van der Waals surface area contributed by atoms with E-state index in [9.17, 15) is 0 Å². The zero-order valence-electron chi connectivity index (χ0n) is 31.7. The van der Waals surface area contributed by atoms with Crippen LogP contribution >= 0.6 is 0 Å². The molecule has 3 heteroatoms. The minimum atomic E-state index is -0.221. The number of nitrogens with zero attached hydrogens (tertiary/aromatic N) is 3. The van der Waals surface area contributed by atoms with Gasteiger partial charge >= 0.3 is 0 Å². The Balaban J connectivity index is 1.06. The molecule has 57 heavy (non-hydrogen) atoms. The first-order chi connectivity index (χ1) is 28.0. The van der Waals surface area contributed by atoms with Crippen molar-refractivity contribution in [1.29, 1.82) is 0 Å². The van der Waals surface area contributed by atoms with Crippen LogP contribution in [0.2, 0.25) is 0 Å². The summed E-state index contributed by atoms with van der Waals surface area (Å²) in [6.45, 7) is 4.70. The molecule has 1 aliphatic carbocycles. The van der Waals surface area contributed by atoms with E-state index in [1.165, 1.54) is 60.5 Å². The van der Waals surface area contributed by atoms with Crippen molar-refractivity contribution >= 4 is 32.4 Å². The molecule has 0 N–H and O–H groups in total. The van der Waals surface area contributed by atoms with Gasteiger partial charge in [0, 0.05) is 33.1 Å². The quantitative estimate of drug-likeness (QED) is 0.166. The van der Waals surface area contributed by atoms with Gasteiger partial charge in [0.25, 0.3) is 0 Å². The van der Waals surface area contributed by atoms with Crippen molar-refractivity contribution < 1.29 is 0 Å². The van der Waals surface area contributed by atoms with E-state index in [4.69, 9.17) is 15.0 Å². The second-order valence-electron chi connectivity index (χ2n) is 15.6. The minimum absolute atomic E-state index is 0.221. The maximum atomic E-state index is 5.40. The Kier molecular flexibility index (Phi) is 7.52. The number of fused-ring (bicyclic) bond motifs is 7. The van der Waals surface area contributed by atoms with Gasteiger partial charge in [0.1, 0.15) is 0 Å². The summed E-state index contributed by atoms with van der Waals surface area (Å²) in [4.78, 5) is 15.7. The lowest BCUT2D eigenvalue weighted by Crippen LogP contribution is -2.16. The number of hydrogen-bond acceptors (Lipinski definition) is 3. The molecule has 1 aliphatic rings. The summed E-state index contributed by atoms with van der Waals surface area (Å²) >= 11 is 0. The lowest BCUT2D eigenvalue weighted by molar-refractivity contribution is 0.662. The molecule has 2 heterocycles. The van der Waals surface area contributed by atoms with Crippen molar-refractivity contribution in [3.05, 3.63) is 199 Å². The fourth-order valence-electron chi connectivity index (χ4n) is 8.98. The Labute approximate surface area is 332 Å². The second-order valence-corrected chi connectivity index (χ2v) is 15.6. The molecule has 3 nitrogen and oxygen atoms in total. The summed E-state index contributed by atoms with van der Waals surface area (Å²) in [5, 5.41) is 6.00. The van der Waals surface area contributed by atoms with E-state index in [1.807, 2.05) is 12.1 Å². The van der Waals surface area contributed by atoms with E-state index in [2.05, 4.69) is 190 Å². The minimum Gasteiger partial charge on any atom is -0.247 e. The molecule has 0 aliphatic heterocycles. The van der Waals surface area contributed by atoms with Crippen LogP contribution < -0.4 is 0 Å². The number of pyridine rings is 1. The lowest BCUT2D eigenvalue weighted by Gasteiger charge is -2.26. The Morgan fingerprint density at radius 3 is 1.74 bits per heavy atom. The van der Waals surface area contributed by atoms with Gasteiger partial charge in [-0.2, -0.15) is 0 Å². The van der Waals surface area contributed by atoms with Crippen molar-refractivity contribution in [2.75, 3.05) is 0 Å². The van der Waals surface area contributed by atoms with Crippen molar-refractivity contribution in [2.24, 2.45) is 0 Å². The molecule has 0 fully saturated rings. The highest BCUT2D eigenvalue weighted by atomic mass is 14.9. The van der Waals surface area contributed by atoms with E-state index < -0.39 is 0 Å². The number of rotatable bonds is 5. The normalized spacial score (nSPS) is 12.9. The van der Waals surface area contributed by atoms with Gasteiger partial charge in [-0.3, -0.25) is 0 Å². The first-order valence-electron chi connectivity index (χ1n) is 19.6. The third-order valence-corrected chi connectivity index (χ3v) is 11.8. The van der Waals surface area contributed by atoms with Gasteiger partial charge in [-0.25, -0.2) is 15.0 Å². The third-order valence-electron chi connectivity index (χ3n) is 11.8. The van der Waals surface area contributed by atoms with Crippen molar-refractivity contribution in [2.45, 2.75) is 19.3 Å². The summed E-state index contributed by atoms with van der Waals surface area (Å²) in [5.41, 5.74) is 15.4. The highest BCUT2D eigenvalue weighted by Gasteiger charge is 2.39. The molecular formula is C54H37N3. The second kappa shape index (κ2) is 12.9. The SMILES string of the molecule is CC1(C)c2ccccc2-c2nc3ccc4ccccc4c3c(-c3ccc4cc(-c5cc(-c6ccccc6)nc(-c6ccc(-c7ccccc7)cc6)n5)ccc4c3)c21. The highest BCUT2D eigenvalue weighted by Crippen LogP contribution is 2.54. The van der Waals surface area contributed by atoms with Gasteiger partial charge in [0.05, 0.1) is 22.6 Å². The van der Waals surface area contributed by atoms with Crippen molar-refractivity contribution in [1.82, 2.24) is 15.0 Å². The van der Waals surface area contributed by atoms with E-state index in [-0.39, 0.29) is 5.41 Å². The van der Waals surface area contributed by atoms with Crippen LogP contribution in [0.15, 0.2) is 188 Å². The summed E-state index contributed by atoms with van der Waals surface area (Å²) < 4.78 is 0. The van der Waals surface area contributed by atoms with Crippen LogP contribution in [-0.2, 0) is 5.41 Å². The predicted molar refractivity (Wildman–Crippen MR) is 237 cm³/mol. The Hall–Kier alpha value is -7.23. The molecular weight excluding hydrogens is 691 g/mol. The summed E-state index contributed by atoms with van der Waals surface area (Å²) in [6.07, 6.45) is 0. The van der Waals surface area contributed by atoms with Crippen molar-refractivity contribution in [3.63, 3.8) is 0 Å². The maximum absolute atomic E-state index is 5.40. The molecule has 0 spiro atoms. The molecule has 0 saturated carbocycles. The predicted octanol–water partition coefficient (Wildman–Crippen LogP) is 14.0. The van der Waals surface area contributed by atoms with Gasteiger partial charge in [-0.1, -0.05) is 178 Å².